The highest BCUT2D eigenvalue weighted by molar-refractivity contribution is 4.82. The molecule has 0 saturated carbocycles. The predicted molar refractivity (Wildman–Crippen MR) is 40.8 cm³/mol. The Labute approximate surface area is 65.4 Å². The quantitative estimate of drug-likeness (QED) is 0.637. The molecule has 3 N–H and O–H groups in total. The second-order valence-corrected chi connectivity index (χ2v) is 3.32. The Kier molecular flexibility index (Phi) is 2.19. The van der Waals surface area contributed by atoms with Gasteiger partial charge in [0, 0.05) is 12.0 Å². The number of aromatic nitrogens is 4. The van der Waals surface area contributed by atoms with Gasteiger partial charge in [-0.25, -0.2) is 0 Å². The van der Waals surface area contributed by atoms with E-state index in [9.17, 15) is 0 Å². The van der Waals surface area contributed by atoms with Crippen LogP contribution in [-0.4, -0.2) is 26.2 Å². The van der Waals surface area contributed by atoms with Crippen LogP contribution in [0.2, 0.25) is 0 Å². The smallest absolute Gasteiger partial charge is 0.174 e. The number of rotatable bonds is 3. The number of nitrogens with two attached hydrogens (primary N) is 1. The van der Waals surface area contributed by atoms with Crippen molar-refractivity contribution in [2.45, 2.75) is 32.2 Å². The fraction of sp³-hybridized carbons (Fsp3) is 0.833. The van der Waals surface area contributed by atoms with E-state index in [0.717, 1.165) is 18.7 Å². The fourth-order valence-corrected chi connectivity index (χ4v) is 0.722. The Balaban J connectivity index is 2.35. The van der Waals surface area contributed by atoms with Crippen molar-refractivity contribution in [3.8, 4) is 0 Å². The number of hydrogen-bond donors (Lipinski definition) is 2. The molecule has 0 aliphatic heterocycles. The molecular formula is C6H13N5. The molecule has 1 aromatic rings. The summed E-state index contributed by atoms with van der Waals surface area (Å²) in [4.78, 5) is 0. The van der Waals surface area contributed by atoms with E-state index in [1.54, 1.807) is 0 Å². The fourth-order valence-electron chi connectivity index (χ4n) is 0.722. The lowest BCUT2D eigenvalue weighted by Gasteiger charge is -2.16. The summed E-state index contributed by atoms with van der Waals surface area (Å²) >= 11 is 0. The normalized spacial score (nSPS) is 11.9. The van der Waals surface area contributed by atoms with Crippen LogP contribution in [0.5, 0.6) is 0 Å². The number of aromatic amines is 1. The molecule has 5 heteroatoms. The van der Waals surface area contributed by atoms with E-state index >= 15 is 0 Å². The van der Waals surface area contributed by atoms with Crippen molar-refractivity contribution < 1.29 is 0 Å². The molecule has 0 spiro atoms. The minimum Gasteiger partial charge on any atom is -0.326 e. The molecule has 0 aliphatic rings. The highest BCUT2D eigenvalue weighted by atomic mass is 15.5. The van der Waals surface area contributed by atoms with Crippen LogP contribution in [0.3, 0.4) is 0 Å². The zero-order chi connectivity index (χ0) is 8.32. The average molecular weight is 155 g/mol. The minimum absolute atomic E-state index is 0.152. The lowest BCUT2D eigenvalue weighted by molar-refractivity contribution is 0.471. The topological polar surface area (TPSA) is 80.5 Å². The SMILES string of the molecule is CC(C)(N)CCc1nn[nH]n1. The first-order valence-electron chi connectivity index (χ1n) is 3.59. The molecule has 0 aliphatic carbocycles. The first kappa shape index (κ1) is 8.13. The Morgan fingerprint density at radius 1 is 1.55 bits per heavy atom. The molecule has 0 fully saturated rings. The zero-order valence-electron chi connectivity index (χ0n) is 6.83. The number of nitrogens with one attached hydrogen (secondary N) is 1. The van der Waals surface area contributed by atoms with Gasteiger partial charge in [-0.15, -0.1) is 10.2 Å². The molecule has 0 radical (unpaired) electrons. The van der Waals surface area contributed by atoms with Crippen LogP contribution in [0, 0.1) is 0 Å². The van der Waals surface area contributed by atoms with Crippen molar-refractivity contribution in [3.63, 3.8) is 0 Å². The predicted octanol–water partition coefficient (Wildman–Crippen LogP) is -0.130. The van der Waals surface area contributed by atoms with Crippen LogP contribution in [0.25, 0.3) is 0 Å². The van der Waals surface area contributed by atoms with Gasteiger partial charge in [-0.05, 0) is 20.3 Å². The largest absolute Gasteiger partial charge is 0.326 e. The number of tetrazole rings is 1. The van der Waals surface area contributed by atoms with Crippen LogP contribution in [0.4, 0.5) is 0 Å². The average Bonchev–Trinajstić information content (AvgIpc) is 2.32. The van der Waals surface area contributed by atoms with Crippen molar-refractivity contribution in [2.75, 3.05) is 0 Å². The second-order valence-electron chi connectivity index (χ2n) is 3.32. The summed E-state index contributed by atoms with van der Waals surface area (Å²) in [5.41, 5.74) is 5.61. The van der Waals surface area contributed by atoms with Crippen molar-refractivity contribution in [2.24, 2.45) is 5.73 Å². The highest BCUT2D eigenvalue weighted by Gasteiger charge is 2.11. The molecule has 0 aromatic carbocycles. The molecule has 1 aromatic heterocycles. The van der Waals surface area contributed by atoms with E-state index in [0.29, 0.717) is 0 Å². The van der Waals surface area contributed by atoms with Gasteiger partial charge in [-0.2, -0.15) is 5.21 Å². The molecule has 0 atom stereocenters. The molecule has 0 unspecified atom stereocenters. The summed E-state index contributed by atoms with van der Waals surface area (Å²) in [5, 5.41) is 13.5. The Hall–Kier alpha value is -0.970. The van der Waals surface area contributed by atoms with E-state index in [4.69, 9.17) is 5.73 Å². The van der Waals surface area contributed by atoms with E-state index in [1.807, 2.05) is 13.8 Å². The van der Waals surface area contributed by atoms with Crippen molar-refractivity contribution in [3.05, 3.63) is 5.82 Å². The zero-order valence-corrected chi connectivity index (χ0v) is 6.83. The Morgan fingerprint density at radius 3 is 2.73 bits per heavy atom. The van der Waals surface area contributed by atoms with Crippen LogP contribution in [0.1, 0.15) is 26.1 Å². The van der Waals surface area contributed by atoms with Crippen LogP contribution >= 0.6 is 0 Å². The van der Waals surface area contributed by atoms with E-state index in [-0.39, 0.29) is 5.54 Å². The van der Waals surface area contributed by atoms with E-state index in [2.05, 4.69) is 20.6 Å². The maximum Gasteiger partial charge on any atom is 0.174 e. The molecule has 0 amide bonds. The third-order valence-electron chi connectivity index (χ3n) is 1.38. The maximum absolute atomic E-state index is 5.77. The number of nitrogens with zero attached hydrogens (tertiary/aromatic N) is 3. The molecule has 5 nitrogen and oxygen atoms in total. The Bertz CT molecular complexity index is 197. The highest BCUT2D eigenvalue weighted by Crippen LogP contribution is 2.06. The summed E-state index contributed by atoms with van der Waals surface area (Å²) in [5.74, 6) is 0.725. The van der Waals surface area contributed by atoms with Crippen LogP contribution < -0.4 is 5.73 Å². The summed E-state index contributed by atoms with van der Waals surface area (Å²) in [6, 6.07) is 0. The molecule has 62 valence electrons. The van der Waals surface area contributed by atoms with Crippen molar-refractivity contribution in [1.29, 1.82) is 0 Å². The van der Waals surface area contributed by atoms with Crippen molar-refractivity contribution >= 4 is 0 Å². The number of H-pyrrole nitrogens is 1. The van der Waals surface area contributed by atoms with Gasteiger partial charge in [0.1, 0.15) is 0 Å². The van der Waals surface area contributed by atoms with Crippen molar-refractivity contribution in [1.82, 2.24) is 20.6 Å². The molecule has 1 heterocycles. The third-order valence-corrected chi connectivity index (χ3v) is 1.38. The summed E-state index contributed by atoms with van der Waals surface area (Å²) in [6.07, 6.45) is 1.65. The number of aryl methyl sites for hydroxylation is 1. The van der Waals surface area contributed by atoms with E-state index in [1.165, 1.54) is 0 Å². The minimum atomic E-state index is -0.152. The molecule has 0 bridgehead atoms. The standard InChI is InChI=1S/C6H13N5/c1-6(2,7)4-3-5-8-10-11-9-5/h3-4,7H2,1-2H3,(H,8,9,10,11). The molecule has 0 saturated heterocycles. The summed E-state index contributed by atoms with van der Waals surface area (Å²) < 4.78 is 0. The Morgan fingerprint density at radius 2 is 2.27 bits per heavy atom. The first-order valence-corrected chi connectivity index (χ1v) is 3.59. The van der Waals surface area contributed by atoms with Gasteiger partial charge in [0.25, 0.3) is 0 Å². The van der Waals surface area contributed by atoms with Crippen LogP contribution in [-0.2, 0) is 6.42 Å². The van der Waals surface area contributed by atoms with Gasteiger partial charge in [-0.3, -0.25) is 0 Å². The monoisotopic (exact) mass is 155 g/mol. The summed E-state index contributed by atoms with van der Waals surface area (Å²) in [6.45, 7) is 3.96. The first-order chi connectivity index (χ1) is 5.08. The maximum atomic E-state index is 5.77. The lowest BCUT2D eigenvalue weighted by atomic mass is 10.0. The second kappa shape index (κ2) is 2.96. The third kappa shape index (κ3) is 3.08. The van der Waals surface area contributed by atoms with Gasteiger partial charge in [0.05, 0.1) is 0 Å². The molecule has 11 heavy (non-hydrogen) atoms. The summed E-state index contributed by atoms with van der Waals surface area (Å²) in [7, 11) is 0. The van der Waals surface area contributed by atoms with Crippen LogP contribution in [0.15, 0.2) is 0 Å². The molecular weight excluding hydrogens is 142 g/mol. The van der Waals surface area contributed by atoms with Gasteiger partial charge in [-0.1, -0.05) is 5.21 Å². The van der Waals surface area contributed by atoms with Gasteiger partial charge < -0.3 is 5.73 Å². The van der Waals surface area contributed by atoms with Gasteiger partial charge in [0.2, 0.25) is 0 Å². The van der Waals surface area contributed by atoms with Gasteiger partial charge >= 0.3 is 0 Å². The van der Waals surface area contributed by atoms with Gasteiger partial charge in [0.15, 0.2) is 5.82 Å². The molecule has 1 rings (SSSR count). The van der Waals surface area contributed by atoms with E-state index < -0.39 is 0 Å². The number of hydrogen-bond acceptors (Lipinski definition) is 4. The lowest BCUT2D eigenvalue weighted by Crippen LogP contribution is -2.32.